The summed E-state index contributed by atoms with van der Waals surface area (Å²) in [6.07, 6.45) is 1.88. The third-order valence-electron chi connectivity index (χ3n) is 2.27. The van der Waals surface area contributed by atoms with Gasteiger partial charge in [0.05, 0.1) is 5.56 Å². The number of benzene rings is 1. The van der Waals surface area contributed by atoms with Gasteiger partial charge in [0.2, 0.25) is 0 Å². The fraction of sp³-hybridized carbons (Fsp3) is 0.417. The number of phenols is 1. The van der Waals surface area contributed by atoms with Gasteiger partial charge in [-0.05, 0) is 31.0 Å². The highest BCUT2D eigenvalue weighted by atomic mass is 79.9. The number of carbonyl (C=O) groups is 1. The molecule has 0 aliphatic rings. The molecule has 0 aliphatic heterocycles. The van der Waals surface area contributed by atoms with E-state index in [4.69, 9.17) is 11.6 Å². The van der Waals surface area contributed by atoms with Crippen LogP contribution >= 0.6 is 27.5 Å². The van der Waals surface area contributed by atoms with E-state index in [-0.39, 0.29) is 17.2 Å². The SMILES string of the molecule is CC(Br)CCCNC(=O)c1cc(Cl)ccc1O. The van der Waals surface area contributed by atoms with E-state index in [1.165, 1.54) is 12.1 Å². The van der Waals surface area contributed by atoms with Crippen LogP contribution < -0.4 is 5.32 Å². The van der Waals surface area contributed by atoms with Crippen molar-refractivity contribution in [2.45, 2.75) is 24.6 Å². The molecule has 0 heterocycles. The smallest absolute Gasteiger partial charge is 0.255 e. The van der Waals surface area contributed by atoms with Crippen molar-refractivity contribution in [3.63, 3.8) is 0 Å². The Morgan fingerprint density at radius 1 is 1.59 bits per heavy atom. The minimum Gasteiger partial charge on any atom is -0.507 e. The van der Waals surface area contributed by atoms with Gasteiger partial charge in [0.25, 0.3) is 5.91 Å². The molecule has 0 spiro atoms. The van der Waals surface area contributed by atoms with E-state index < -0.39 is 0 Å². The molecule has 0 aromatic heterocycles. The van der Waals surface area contributed by atoms with E-state index in [0.717, 1.165) is 12.8 Å². The molecule has 94 valence electrons. The van der Waals surface area contributed by atoms with Gasteiger partial charge in [-0.1, -0.05) is 34.5 Å². The van der Waals surface area contributed by atoms with Gasteiger partial charge in [0.1, 0.15) is 5.75 Å². The second-order valence-electron chi connectivity index (χ2n) is 3.84. The highest BCUT2D eigenvalue weighted by Gasteiger charge is 2.10. The highest BCUT2D eigenvalue weighted by Crippen LogP contribution is 2.21. The van der Waals surface area contributed by atoms with Gasteiger partial charge in [-0.25, -0.2) is 0 Å². The second kappa shape index (κ2) is 6.87. The Kier molecular flexibility index (Phi) is 5.78. The molecule has 17 heavy (non-hydrogen) atoms. The molecule has 0 saturated carbocycles. The van der Waals surface area contributed by atoms with Crippen molar-refractivity contribution in [1.82, 2.24) is 5.32 Å². The van der Waals surface area contributed by atoms with Crippen molar-refractivity contribution in [2.75, 3.05) is 6.54 Å². The summed E-state index contributed by atoms with van der Waals surface area (Å²) in [5, 5.41) is 12.7. The fourth-order valence-corrected chi connectivity index (χ4v) is 1.87. The summed E-state index contributed by atoms with van der Waals surface area (Å²) < 4.78 is 0. The van der Waals surface area contributed by atoms with E-state index >= 15 is 0 Å². The molecular weight excluding hydrogens is 305 g/mol. The molecule has 1 aromatic rings. The molecule has 5 heteroatoms. The fourth-order valence-electron chi connectivity index (χ4n) is 1.37. The predicted octanol–water partition coefficient (Wildman–Crippen LogP) is 3.34. The Bertz CT molecular complexity index is 396. The molecular formula is C12H15BrClNO2. The first-order chi connectivity index (χ1) is 8.00. The van der Waals surface area contributed by atoms with E-state index in [1.54, 1.807) is 6.07 Å². The molecule has 0 fully saturated rings. The topological polar surface area (TPSA) is 49.3 Å². The molecule has 1 rings (SSSR count). The summed E-state index contributed by atoms with van der Waals surface area (Å²) in [6, 6.07) is 4.41. The van der Waals surface area contributed by atoms with Crippen LogP contribution in [0.5, 0.6) is 5.75 Å². The van der Waals surface area contributed by atoms with Crippen molar-refractivity contribution < 1.29 is 9.90 Å². The number of hydrogen-bond acceptors (Lipinski definition) is 2. The average Bonchev–Trinajstić information content (AvgIpc) is 2.27. The lowest BCUT2D eigenvalue weighted by atomic mass is 10.2. The molecule has 1 amide bonds. The summed E-state index contributed by atoms with van der Waals surface area (Å²) in [5.41, 5.74) is 0.212. The molecule has 1 atom stereocenters. The van der Waals surface area contributed by atoms with Crippen LogP contribution in [0.4, 0.5) is 0 Å². The summed E-state index contributed by atoms with van der Waals surface area (Å²) in [6.45, 7) is 2.64. The molecule has 0 radical (unpaired) electrons. The molecule has 2 N–H and O–H groups in total. The number of halogens is 2. The number of nitrogens with one attached hydrogen (secondary N) is 1. The average molecular weight is 321 g/mol. The minimum atomic E-state index is -0.299. The van der Waals surface area contributed by atoms with E-state index in [2.05, 4.69) is 28.2 Å². The van der Waals surface area contributed by atoms with Crippen LogP contribution in [0.15, 0.2) is 18.2 Å². The first kappa shape index (κ1) is 14.3. The van der Waals surface area contributed by atoms with Crippen LogP contribution in [0.25, 0.3) is 0 Å². The van der Waals surface area contributed by atoms with Gasteiger partial charge in [-0.2, -0.15) is 0 Å². The van der Waals surface area contributed by atoms with Crippen LogP contribution in [-0.2, 0) is 0 Å². The van der Waals surface area contributed by atoms with E-state index in [9.17, 15) is 9.90 Å². The van der Waals surface area contributed by atoms with Gasteiger partial charge in [-0.15, -0.1) is 0 Å². The number of phenolic OH excluding ortho intramolecular Hbond substituents is 1. The molecule has 1 unspecified atom stereocenters. The Labute approximate surface area is 114 Å². The minimum absolute atomic E-state index is 0.0549. The van der Waals surface area contributed by atoms with Crippen LogP contribution in [0.3, 0.4) is 0 Å². The largest absolute Gasteiger partial charge is 0.507 e. The number of alkyl halides is 1. The third-order valence-corrected chi connectivity index (χ3v) is 2.96. The number of carbonyl (C=O) groups excluding carboxylic acids is 1. The van der Waals surface area contributed by atoms with Crippen LogP contribution in [0.2, 0.25) is 5.02 Å². The monoisotopic (exact) mass is 319 g/mol. The summed E-state index contributed by atoms with van der Waals surface area (Å²) >= 11 is 9.20. The maximum Gasteiger partial charge on any atom is 0.255 e. The van der Waals surface area contributed by atoms with Crippen molar-refractivity contribution >= 4 is 33.4 Å². The highest BCUT2D eigenvalue weighted by molar-refractivity contribution is 9.09. The maximum atomic E-state index is 11.7. The molecule has 3 nitrogen and oxygen atoms in total. The lowest BCUT2D eigenvalue weighted by Gasteiger charge is -2.07. The first-order valence-electron chi connectivity index (χ1n) is 5.41. The number of aromatic hydroxyl groups is 1. The van der Waals surface area contributed by atoms with E-state index in [0.29, 0.717) is 16.4 Å². The summed E-state index contributed by atoms with van der Waals surface area (Å²) in [7, 11) is 0. The normalized spacial score (nSPS) is 12.2. The van der Waals surface area contributed by atoms with Crippen LogP contribution in [0, 0.1) is 0 Å². The zero-order valence-electron chi connectivity index (χ0n) is 9.54. The van der Waals surface area contributed by atoms with Crippen molar-refractivity contribution in [1.29, 1.82) is 0 Å². The van der Waals surface area contributed by atoms with Gasteiger partial charge in [0.15, 0.2) is 0 Å². The Hall–Kier alpha value is -0.740. The van der Waals surface area contributed by atoms with Crippen molar-refractivity contribution in [2.24, 2.45) is 0 Å². The Morgan fingerprint density at radius 2 is 2.29 bits per heavy atom. The quantitative estimate of drug-likeness (QED) is 0.646. The molecule has 0 aliphatic carbocycles. The number of amides is 1. The molecule has 0 bridgehead atoms. The summed E-state index contributed by atoms with van der Waals surface area (Å²) in [4.78, 5) is 12.2. The third kappa shape index (κ3) is 4.96. The molecule has 0 saturated heterocycles. The Balaban J connectivity index is 2.49. The van der Waals surface area contributed by atoms with Crippen molar-refractivity contribution in [3.05, 3.63) is 28.8 Å². The number of hydrogen-bond donors (Lipinski definition) is 2. The first-order valence-corrected chi connectivity index (χ1v) is 6.71. The molecule has 1 aromatic carbocycles. The van der Waals surface area contributed by atoms with Gasteiger partial charge >= 0.3 is 0 Å². The van der Waals surface area contributed by atoms with Gasteiger partial charge < -0.3 is 10.4 Å². The van der Waals surface area contributed by atoms with Crippen LogP contribution in [-0.4, -0.2) is 22.4 Å². The number of rotatable bonds is 5. The van der Waals surface area contributed by atoms with Gasteiger partial charge in [0, 0.05) is 16.4 Å². The van der Waals surface area contributed by atoms with Crippen molar-refractivity contribution in [3.8, 4) is 5.75 Å². The lowest BCUT2D eigenvalue weighted by Crippen LogP contribution is -2.24. The summed E-state index contributed by atoms with van der Waals surface area (Å²) in [5.74, 6) is -0.354. The zero-order valence-corrected chi connectivity index (χ0v) is 11.9. The zero-order chi connectivity index (χ0) is 12.8. The van der Waals surface area contributed by atoms with E-state index in [1.807, 2.05) is 0 Å². The predicted molar refractivity (Wildman–Crippen MR) is 73.1 cm³/mol. The second-order valence-corrected chi connectivity index (χ2v) is 5.84. The maximum absolute atomic E-state index is 11.7. The Morgan fingerprint density at radius 3 is 2.94 bits per heavy atom. The van der Waals surface area contributed by atoms with Gasteiger partial charge in [-0.3, -0.25) is 4.79 Å². The lowest BCUT2D eigenvalue weighted by molar-refractivity contribution is 0.0950. The standard InChI is InChI=1S/C12H15BrClNO2/c1-8(13)3-2-6-15-12(17)10-7-9(14)4-5-11(10)16/h4-5,7-8,16H,2-3,6H2,1H3,(H,15,17). The van der Waals surface area contributed by atoms with Crippen LogP contribution in [0.1, 0.15) is 30.1 Å².